The van der Waals surface area contributed by atoms with Crippen molar-refractivity contribution in [3.8, 4) is 17.1 Å². The molecule has 26 heavy (non-hydrogen) atoms. The lowest BCUT2D eigenvalue weighted by atomic mass is 10.2. The molecule has 140 valence electrons. The lowest BCUT2D eigenvalue weighted by Gasteiger charge is -2.33. The number of benzene rings is 1. The first-order valence-electron chi connectivity index (χ1n) is 8.74. The molecule has 1 saturated heterocycles. The Morgan fingerprint density at radius 3 is 2.58 bits per heavy atom. The number of rotatable bonds is 7. The number of nitrogens with zero attached hydrogens (tertiary/aromatic N) is 4. The van der Waals surface area contributed by atoms with Crippen LogP contribution in [0, 0.1) is 0 Å². The summed E-state index contributed by atoms with van der Waals surface area (Å²) in [5.41, 5.74) is 0.882. The topological polar surface area (TPSA) is 80.9 Å². The lowest BCUT2D eigenvalue weighted by molar-refractivity contribution is -0.137. The Labute approximate surface area is 152 Å². The zero-order chi connectivity index (χ0) is 18.4. The molecule has 0 N–H and O–H groups in total. The van der Waals surface area contributed by atoms with E-state index in [1.807, 2.05) is 36.1 Å². The Morgan fingerprint density at radius 1 is 1.19 bits per heavy atom. The molecule has 0 unspecified atom stereocenters. The van der Waals surface area contributed by atoms with Gasteiger partial charge in [0.1, 0.15) is 12.4 Å². The van der Waals surface area contributed by atoms with E-state index in [0.29, 0.717) is 38.0 Å². The molecular formula is C18H24N4O4. The number of aromatic nitrogens is 2. The van der Waals surface area contributed by atoms with E-state index in [9.17, 15) is 4.79 Å². The van der Waals surface area contributed by atoms with Crippen LogP contribution in [0.4, 0.5) is 0 Å². The van der Waals surface area contributed by atoms with Crippen LogP contribution in [0.15, 0.2) is 28.8 Å². The fourth-order valence-corrected chi connectivity index (χ4v) is 2.80. The van der Waals surface area contributed by atoms with Gasteiger partial charge in [-0.2, -0.15) is 4.98 Å². The first kappa shape index (κ1) is 18.3. The van der Waals surface area contributed by atoms with Crippen molar-refractivity contribution >= 4 is 5.91 Å². The summed E-state index contributed by atoms with van der Waals surface area (Å²) in [7, 11) is 1.63. The molecule has 1 aromatic heterocycles. The number of ether oxygens (including phenoxy) is 2. The highest BCUT2D eigenvalue weighted by atomic mass is 16.5. The number of carbonyl (C=O) groups is 1. The molecule has 1 fully saturated rings. The standard InChI is InChI=1S/C18H24N4O4/c1-3-25-13-17(23)22-10-8-21(9-11-22)12-16-19-18(20-26-16)14-4-6-15(24-2)7-5-14/h4-7H,3,8-13H2,1-2H3. The third kappa shape index (κ3) is 4.59. The van der Waals surface area contributed by atoms with Crippen LogP contribution in [0.3, 0.4) is 0 Å². The van der Waals surface area contributed by atoms with Gasteiger partial charge in [-0.25, -0.2) is 0 Å². The maximum atomic E-state index is 12.0. The number of carbonyl (C=O) groups excluding carboxylic acids is 1. The number of methoxy groups -OCH3 is 1. The van der Waals surface area contributed by atoms with Gasteiger partial charge < -0.3 is 18.9 Å². The zero-order valence-corrected chi connectivity index (χ0v) is 15.2. The molecule has 2 heterocycles. The van der Waals surface area contributed by atoms with Crippen LogP contribution < -0.4 is 4.74 Å². The van der Waals surface area contributed by atoms with Crippen molar-refractivity contribution in [3.05, 3.63) is 30.2 Å². The summed E-state index contributed by atoms with van der Waals surface area (Å²) in [6.07, 6.45) is 0. The minimum Gasteiger partial charge on any atom is -0.497 e. The molecule has 1 amide bonds. The molecule has 1 aliphatic heterocycles. The molecule has 3 rings (SSSR count). The van der Waals surface area contributed by atoms with Gasteiger partial charge in [0, 0.05) is 38.3 Å². The van der Waals surface area contributed by atoms with Gasteiger partial charge in [0.05, 0.1) is 13.7 Å². The molecule has 0 aliphatic carbocycles. The van der Waals surface area contributed by atoms with Gasteiger partial charge in [-0.05, 0) is 31.2 Å². The Balaban J connectivity index is 1.51. The minimum atomic E-state index is 0.0473. The molecule has 0 bridgehead atoms. The molecule has 2 aromatic rings. The SMILES string of the molecule is CCOCC(=O)N1CCN(Cc2nc(-c3ccc(OC)cc3)no2)CC1. The Morgan fingerprint density at radius 2 is 1.92 bits per heavy atom. The van der Waals surface area contributed by atoms with E-state index in [-0.39, 0.29) is 12.5 Å². The third-order valence-electron chi connectivity index (χ3n) is 4.33. The predicted octanol–water partition coefficient (Wildman–Crippen LogP) is 1.43. The summed E-state index contributed by atoms with van der Waals surface area (Å²) in [6.45, 7) is 6.10. The number of amides is 1. The van der Waals surface area contributed by atoms with Gasteiger partial charge in [0.15, 0.2) is 0 Å². The lowest BCUT2D eigenvalue weighted by Crippen LogP contribution is -2.49. The van der Waals surface area contributed by atoms with Crippen molar-refractivity contribution in [2.45, 2.75) is 13.5 Å². The average Bonchev–Trinajstić information content (AvgIpc) is 3.15. The second-order valence-corrected chi connectivity index (χ2v) is 6.03. The molecule has 8 heteroatoms. The van der Waals surface area contributed by atoms with Crippen molar-refractivity contribution in [1.82, 2.24) is 19.9 Å². The third-order valence-corrected chi connectivity index (χ3v) is 4.33. The second kappa shape index (κ2) is 8.77. The molecule has 0 saturated carbocycles. The molecule has 1 aromatic carbocycles. The first-order chi connectivity index (χ1) is 12.7. The smallest absolute Gasteiger partial charge is 0.248 e. The van der Waals surface area contributed by atoms with Gasteiger partial charge in [-0.15, -0.1) is 0 Å². The highest BCUT2D eigenvalue weighted by Crippen LogP contribution is 2.20. The second-order valence-electron chi connectivity index (χ2n) is 6.03. The fraction of sp³-hybridized carbons (Fsp3) is 0.500. The Bertz CT molecular complexity index is 708. The van der Waals surface area contributed by atoms with Crippen molar-refractivity contribution < 1.29 is 18.8 Å². The Kier molecular flexibility index (Phi) is 6.19. The summed E-state index contributed by atoms with van der Waals surface area (Å²) in [5, 5.41) is 4.05. The fourth-order valence-electron chi connectivity index (χ4n) is 2.80. The summed E-state index contributed by atoms with van der Waals surface area (Å²) in [6, 6.07) is 7.53. The van der Waals surface area contributed by atoms with E-state index in [1.54, 1.807) is 7.11 Å². The van der Waals surface area contributed by atoms with E-state index in [1.165, 1.54) is 0 Å². The van der Waals surface area contributed by atoms with Crippen LogP contribution in [0.5, 0.6) is 5.75 Å². The van der Waals surface area contributed by atoms with Crippen molar-refractivity contribution in [2.24, 2.45) is 0 Å². The summed E-state index contributed by atoms with van der Waals surface area (Å²) >= 11 is 0. The van der Waals surface area contributed by atoms with E-state index < -0.39 is 0 Å². The monoisotopic (exact) mass is 360 g/mol. The largest absolute Gasteiger partial charge is 0.497 e. The van der Waals surface area contributed by atoms with Crippen LogP contribution in [0.1, 0.15) is 12.8 Å². The number of hydrogen-bond acceptors (Lipinski definition) is 7. The molecule has 0 atom stereocenters. The first-order valence-corrected chi connectivity index (χ1v) is 8.74. The van der Waals surface area contributed by atoms with Crippen LogP contribution in [-0.2, 0) is 16.1 Å². The maximum absolute atomic E-state index is 12.0. The highest BCUT2D eigenvalue weighted by molar-refractivity contribution is 5.77. The van der Waals surface area contributed by atoms with Crippen LogP contribution in [0.2, 0.25) is 0 Å². The zero-order valence-electron chi connectivity index (χ0n) is 15.2. The molecule has 0 spiro atoms. The quantitative estimate of drug-likeness (QED) is 0.739. The van der Waals surface area contributed by atoms with Gasteiger partial charge in [0.25, 0.3) is 0 Å². The van der Waals surface area contributed by atoms with Crippen LogP contribution in [-0.4, -0.2) is 72.4 Å². The normalized spacial score (nSPS) is 15.2. The molecule has 1 aliphatic rings. The molecule has 0 radical (unpaired) electrons. The predicted molar refractivity (Wildman–Crippen MR) is 94.6 cm³/mol. The Hall–Kier alpha value is -2.45. The summed E-state index contributed by atoms with van der Waals surface area (Å²) in [4.78, 5) is 20.5. The maximum Gasteiger partial charge on any atom is 0.248 e. The van der Waals surface area contributed by atoms with E-state index >= 15 is 0 Å². The van der Waals surface area contributed by atoms with Gasteiger partial charge in [-0.1, -0.05) is 5.16 Å². The van der Waals surface area contributed by atoms with Crippen molar-refractivity contribution in [2.75, 3.05) is 46.5 Å². The van der Waals surface area contributed by atoms with E-state index in [4.69, 9.17) is 14.0 Å². The number of piperazine rings is 1. The van der Waals surface area contributed by atoms with Gasteiger partial charge >= 0.3 is 0 Å². The minimum absolute atomic E-state index is 0.0473. The van der Waals surface area contributed by atoms with Crippen molar-refractivity contribution in [3.63, 3.8) is 0 Å². The number of hydrogen-bond donors (Lipinski definition) is 0. The molecular weight excluding hydrogens is 336 g/mol. The van der Waals surface area contributed by atoms with Gasteiger partial charge in [-0.3, -0.25) is 9.69 Å². The van der Waals surface area contributed by atoms with E-state index in [2.05, 4.69) is 15.0 Å². The average molecular weight is 360 g/mol. The summed E-state index contributed by atoms with van der Waals surface area (Å²) < 4.78 is 15.7. The van der Waals surface area contributed by atoms with Crippen LogP contribution >= 0.6 is 0 Å². The van der Waals surface area contributed by atoms with Crippen molar-refractivity contribution in [1.29, 1.82) is 0 Å². The van der Waals surface area contributed by atoms with Crippen LogP contribution in [0.25, 0.3) is 11.4 Å². The summed E-state index contributed by atoms with van der Waals surface area (Å²) in [5.74, 6) is 1.97. The van der Waals surface area contributed by atoms with E-state index in [0.717, 1.165) is 24.4 Å². The van der Waals surface area contributed by atoms with Gasteiger partial charge in [0.2, 0.25) is 17.6 Å². The highest BCUT2D eigenvalue weighted by Gasteiger charge is 2.22. The molecule has 8 nitrogen and oxygen atoms in total.